The highest BCUT2D eigenvalue weighted by atomic mass is 15.2. The molecule has 252 valence electrons. The molecule has 0 aliphatic rings. The van der Waals surface area contributed by atoms with Gasteiger partial charge in [0, 0.05) is 33.9 Å². The first kappa shape index (κ1) is 32.8. The quantitative estimate of drug-likeness (QED) is 0.143. The van der Waals surface area contributed by atoms with E-state index in [-0.39, 0.29) is 0 Å². The van der Waals surface area contributed by atoms with Gasteiger partial charge < -0.3 is 9.80 Å². The highest BCUT2D eigenvalue weighted by molar-refractivity contribution is 5.94. The molecule has 8 aromatic rings. The van der Waals surface area contributed by atoms with Crippen LogP contribution in [0.4, 0.5) is 34.1 Å². The number of rotatable bonds is 10. The van der Waals surface area contributed by atoms with E-state index in [1.807, 2.05) is 0 Å². The van der Waals surface area contributed by atoms with Crippen LogP contribution in [-0.4, -0.2) is 0 Å². The van der Waals surface area contributed by atoms with Gasteiger partial charge in [-0.05, 0) is 100 Å². The summed E-state index contributed by atoms with van der Waals surface area (Å²) in [6, 6.07) is 72.3. The summed E-state index contributed by atoms with van der Waals surface area (Å²) in [6.07, 6.45) is 1.12. The smallest absolute Gasteiger partial charge is 0.0540 e. The van der Waals surface area contributed by atoms with Crippen LogP contribution in [0.1, 0.15) is 31.7 Å². The van der Waals surface area contributed by atoms with E-state index in [0.717, 1.165) is 40.5 Å². The SMILES string of the molecule is CCC(C)c1ccc(N(c2ccc(N(c3ccccc3-c3ccccc3)c3ccccc3-c3ccccc3)cc2)c2ccc3ccccc3c2)cc1. The first-order valence-electron chi connectivity index (χ1n) is 18.3. The highest BCUT2D eigenvalue weighted by Crippen LogP contribution is 2.45. The van der Waals surface area contributed by atoms with Crippen molar-refractivity contribution < 1.29 is 0 Å². The topological polar surface area (TPSA) is 6.48 Å². The van der Waals surface area contributed by atoms with Crippen LogP contribution in [0.25, 0.3) is 33.0 Å². The van der Waals surface area contributed by atoms with Gasteiger partial charge in [0.25, 0.3) is 0 Å². The molecule has 0 aliphatic carbocycles. The van der Waals surface area contributed by atoms with Crippen molar-refractivity contribution in [1.82, 2.24) is 0 Å². The molecular weight excluding hydrogens is 629 g/mol. The molecular formula is C50H42N2. The van der Waals surface area contributed by atoms with Gasteiger partial charge in [-0.15, -0.1) is 0 Å². The summed E-state index contributed by atoms with van der Waals surface area (Å²) < 4.78 is 0. The molecule has 0 amide bonds. The standard InChI is InChI=1S/C50H42N2/c1-3-37(2)38-26-29-43(30-27-38)51(46-31-28-39-16-10-11-21-42(39)36-46)44-32-34-45(35-33-44)52(49-24-14-12-22-47(49)40-17-6-4-7-18-40)50-25-15-13-23-48(50)41-19-8-5-9-20-41/h4-37H,3H2,1-2H3. The van der Waals surface area contributed by atoms with Gasteiger partial charge in [-0.3, -0.25) is 0 Å². The molecule has 0 radical (unpaired) electrons. The Bertz CT molecular complexity index is 2310. The van der Waals surface area contributed by atoms with Gasteiger partial charge in [0.1, 0.15) is 0 Å². The minimum Gasteiger partial charge on any atom is -0.310 e. The number of anilines is 6. The Morgan fingerprint density at radius 3 is 1.35 bits per heavy atom. The number of benzene rings is 8. The van der Waals surface area contributed by atoms with Gasteiger partial charge in [0.05, 0.1) is 11.4 Å². The maximum Gasteiger partial charge on any atom is 0.0540 e. The first-order chi connectivity index (χ1) is 25.7. The predicted octanol–water partition coefficient (Wildman–Crippen LogP) is 14.6. The molecule has 0 bridgehead atoms. The van der Waals surface area contributed by atoms with Gasteiger partial charge >= 0.3 is 0 Å². The maximum absolute atomic E-state index is 2.41. The second kappa shape index (κ2) is 14.8. The Balaban J connectivity index is 1.28. The molecule has 0 spiro atoms. The van der Waals surface area contributed by atoms with Crippen LogP contribution in [0.2, 0.25) is 0 Å². The van der Waals surface area contributed by atoms with Crippen LogP contribution in [0, 0.1) is 0 Å². The number of para-hydroxylation sites is 2. The summed E-state index contributed by atoms with van der Waals surface area (Å²) in [4.78, 5) is 4.78. The van der Waals surface area contributed by atoms with Gasteiger partial charge in [-0.1, -0.05) is 153 Å². The lowest BCUT2D eigenvalue weighted by Crippen LogP contribution is -2.13. The van der Waals surface area contributed by atoms with E-state index in [1.165, 1.54) is 38.6 Å². The van der Waals surface area contributed by atoms with E-state index in [9.17, 15) is 0 Å². The molecule has 1 atom stereocenters. The Hall–Kier alpha value is -6.38. The van der Waals surface area contributed by atoms with Crippen molar-refractivity contribution in [2.24, 2.45) is 0 Å². The Morgan fingerprint density at radius 1 is 0.385 bits per heavy atom. The zero-order valence-corrected chi connectivity index (χ0v) is 29.7. The maximum atomic E-state index is 2.41. The minimum absolute atomic E-state index is 0.519. The van der Waals surface area contributed by atoms with Crippen molar-refractivity contribution in [3.63, 3.8) is 0 Å². The molecule has 52 heavy (non-hydrogen) atoms. The van der Waals surface area contributed by atoms with E-state index in [2.05, 4.69) is 224 Å². The predicted molar refractivity (Wildman–Crippen MR) is 223 cm³/mol. The Morgan fingerprint density at radius 2 is 0.808 bits per heavy atom. The average Bonchev–Trinajstić information content (AvgIpc) is 3.22. The molecule has 0 aliphatic heterocycles. The molecule has 8 rings (SSSR count). The average molecular weight is 671 g/mol. The van der Waals surface area contributed by atoms with Gasteiger partial charge in [-0.25, -0.2) is 0 Å². The van der Waals surface area contributed by atoms with E-state index < -0.39 is 0 Å². The van der Waals surface area contributed by atoms with Crippen LogP contribution >= 0.6 is 0 Å². The van der Waals surface area contributed by atoms with Gasteiger partial charge in [0.15, 0.2) is 0 Å². The zero-order chi connectivity index (χ0) is 35.3. The van der Waals surface area contributed by atoms with Crippen molar-refractivity contribution >= 4 is 44.9 Å². The molecule has 2 heteroatoms. The van der Waals surface area contributed by atoms with Crippen LogP contribution in [0.5, 0.6) is 0 Å². The number of nitrogens with zero attached hydrogens (tertiary/aromatic N) is 2. The Kier molecular flexibility index (Phi) is 9.37. The summed E-state index contributed by atoms with van der Waals surface area (Å²) >= 11 is 0. The van der Waals surface area contributed by atoms with Gasteiger partial charge in [-0.2, -0.15) is 0 Å². The van der Waals surface area contributed by atoms with Crippen molar-refractivity contribution in [3.8, 4) is 22.3 Å². The largest absolute Gasteiger partial charge is 0.310 e. The number of hydrogen-bond donors (Lipinski definition) is 0. The van der Waals surface area contributed by atoms with Crippen LogP contribution in [0.3, 0.4) is 0 Å². The fourth-order valence-corrected chi connectivity index (χ4v) is 7.17. The summed E-state index contributed by atoms with van der Waals surface area (Å²) in [5.41, 5.74) is 12.8. The van der Waals surface area contributed by atoms with Crippen molar-refractivity contribution in [1.29, 1.82) is 0 Å². The van der Waals surface area contributed by atoms with Crippen LogP contribution < -0.4 is 9.80 Å². The highest BCUT2D eigenvalue weighted by Gasteiger charge is 2.21. The van der Waals surface area contributed by atoms with Gasteiger partial charge in [0.2, 0.25) is 0 Å². The fourth-order valence-electron chi connectivity index (χ4n) is 7.17. The third-order valence-corrected chi connectivity index (χ3v) is 10.1. The molecule has 0 aromatic heterocycles. The lowest BCUT2D eigenvalue weighted by atomic mass is 9.98. The molecule has 0 saturated carbocycles. The molecule has 0 fully saturated rings. The molecule has 1 unspecified atom stereocenters. The lowest BCUT2D eigenvalue weighted by Gasteiger charge is -2.31. The Labute approximate surface area is 307 Å². The number of hydrogen-bond acceptors (Lipinski definition) is 2. The summed E-state index contributed by atoms with van der Waals surface area (Å²) in [5, 5.41) is 2.46. The van der Waals surface area contributed by atoms with Crippen molar-refractivity contribution in [3.05, 3.63) is 206 Å². The van der Waals surface area contributed by atoms with Crippen molar-refractivity contribution in [2.45, 2.75) is 26.2 Å². The summed E-state index contributed by atoms with van der Waals surface area (Å²) in [5.74, 6) is 0.519. The fraction of sp³-hybridized carbons (Fsp3) is 0.0800. The van der Waals surface area contributed by atoms with E-state index in [0.29, 0.717) is 5.92 Å². The third kappa shape index (κ3) is 6.59. The summed E-state index contributed by atoms with van der Waals surface area (Å²) in [6.45, 7) is 4.55. The van der Waals surface area contributed by atoms with Crippen molar-refractivity contribution in [2.75, 3.05) is 9.80 Å². The zero-order valence-electron chi connectivity index (χ0n) is 29.7. The summed E-state index contributed by atoms with van der Waals surface area (Å²) in [7, 11) is 0. The second-order valence-corrected chi connectivity index (χ2v) is 13.4. The number of fused-ring (bicyclic) bond motifs is 1. The molecule has 0 N–H and O–H groups in total. The van der Waals surface area contributed by atoms with E-state index in [4.69, 9.17) is 0 Å². The minimum atomic E-state index is 0.519. The molecule has 2 nitrogen and oxygen atoms in total. The monoisotopic (exact) mass is 670 g/mol. The van der Waals surface area contributed by atoms with Crippen LogP contribution in [-0.2, 0) is 0 Å². The van der Waals surface area contributed by atoms with E-state index >= 15 is 0 Å². The van der Waals surface area contributed by atoms with E-state index in [1.54, 1.807) is 0 Å². The normalized spacial score (nSPS) is 11.7. The molecule has 0 heterocycles. The first-order valence-corrected chi connectivity index (χ1v) is 18.3. The molecule has 0 saturated heterocycles. The third-order valence-electron chi connectivity index (χ3n) is 10.1. The second-order valence-electron chi connectivity index (χ2n) is 13.4. The lowest BCUT2D eigenvalue weighted by molar-refractivity contribution is 0.733. The molecule has 8 aromatic carbocycles. The van der Waals surface area contributed by atoms with Crippen LogP contribution in [0.15, 0.2) is 200 Å².